The van der Waals surface area contributed by atoms with E-state index >= 15 is 0 Å². The van der Waals surface area contributed by atoms with Crippen molar-refractivity contribution < 1.29 is 13.3 Å². The average molecular weight is 313 g/mol. The van der Waals surface area contributed by atoms with E-state index < -0.39 is 25.5 Å². The third-order valence-electron chi connectivity index (χ3n) is 3.60. The molecule has 7 nitrogen and oxygen atoms in total. The fourth-order valence-electron chi connectivity index (χ4n) is 2.42. The maximum atomic E-state index is 12.4. The van der Waals surface area contributed by atoms with Crippen LogP contribution in [0.2, 0.25) is 0 Å². The van der Waals surface area contributed by atoms with Crippen LogP contribution in [0.15, 0.2) is 17.2 Å². The van der Waals surface area contributed by atoms with E-state index in [-0.39, 0.29) is 5.75 Å². The Morgan fingerprint density at radius 1 is 1.29 bits per heavy atom. The molecule has 0 aromatic carbocycles. The summed E-state index contributed by atoms with van der Waals surface area (Å²) in [5.74, 6) is -0.135. The van der Waals surface area contributed by atoms with Gasteiger partial charge in [0.25, 0.3) is 0 Å². The second-order valence-electron chi connectivity index (χ2n) is 5.26. The summed E-state index contributed by atoms with van der Waals surface area (Å²) in [5, 5.41) is 10.6. The number of pyridine rings is 1. The first-order valence-electron chi connectivity index (χ1n) is 6.97. The van der Waals surface area contributed by atoms with Crippen LogP contribution in [0.5, 0.6) is 0 Å². The van der Waals surface area contributed by atoms with Gasteiger partial charge in [0.1, 0.15) is 0 Å². The van der Waals surface area contributed by atoms with Crippen LogP contribution in [0, 0.1) is 17.0 Å². The van der Waals surface area contributed by atoms with Gasteiger partial charge in [-0.25, -0.2) is 13.4 Å². The van der Waals surface area contributed by atoms with Gasteiger partial charge < -0.3 is 4.90 Å². The Bertz CT molecular complexity index is 624. The van der Waals surface area contributed by atoms with Crippen LogP contribution in [0.1, 0.15) is 25.0 Å². The highest BCUT2D eigenvalue weighted by molar-refractivity contribution is 7.91. The van der Waals surface area contributed by atoms with Crippen molar-refractivity contribution in [1.29, 1.82) is 0 Å². The number of hydrogen-bond donors (Lipinski definition) is 0. The van der Waals surface area contributed by atoms with Gasteiger partial charge in [0.05, 0.1) is 10.7 Å². The van der Waals surface area contributed by atoms with Crippen LogP contribution in [0.25, 0.3) is 0 Å². The van der Waals surface area contributed by atoms with Gasteiger partial charge in [-0.05, 0) is 38.9 Å². The molecule has 2 heterocycles. The van der Waals surface area contributed by atoms with Crippen molar-refractivity contribution in [2.45, 2.75) is 31.2 Å². The maximum absolute atomic E-state index is 12.4. The molecule has 2 rings (SSSR count). The van der Waals surface area contributed by atoms with Crippen LogP contribution in [0.3, 0.4) is 0 Å². The fraction of sp³-hybridized carbons (Fsp3) is 0.615. The molecule has 1 saturated heterocycles. The van der Waals surface area contributed by atoms with Crippen LogP contribution in [-0.4, -0.2) is 48.6 Å². The Hall–Kier alpha value is -1.54. The predicted octanol–water partition coefficient (Wildman–Crippen LogP) is 1.56. The third-order valence-corrected chi connectivity index (χ3v) is 5.21. The number of nitro groups is 1. The predicted molar refractivity (Wildman–Crippen MR) is 78.0 cm³/mol. The van der Waals surface area contributed by atoms with E-state index in [0.717, 1.165) is 25.9 Å². The smallest absolute Gasteiger partial charge is 0.302 e. The van der Waals surface area contributed by atoms with Crippen LogP contribution in [-0.2, 0) is 9.84 Å². The standard InChI is InChI=1S/C13H19N3O4S/c1-11-5-6-12(16(17)18)13(14-11)21(19,20)10-9-15-7-3-2-4-8-15/h5-6H,2-4,7-10H2,1H3. The molecule has 116 valence electrons. The topological polar surface area (TPSA) is 93.4 Å². The minimum Gasteiger partial charge on any atom is -0.302 e. The molecule has 0 amide bonds. The minimum absolute atomic E-state index is 0.135. The lowest BCUT2D eigenvalue weighted by molar-refractivity contribution is -0.388. The number of likely N-dealkylation sites (tertiary alicyclic amines) is 1. The molecular weight excluding hydrogens is 294 g/mol. The van der Waals surface area contributed by atoms with Gasteiger partial charge in [-0.2, -0.15) is 0 Å². The molecule has 0 aliphatic carbocycles. The largest absolute Gasteiger partial charge is 0.306 e. The van der Waals surface area contributed by atoms with Gasteiger partial charge in [-0.1, -0.05) is 6.42 Å². The molecule has 0 N–H and O–H groups in total. The number of nitrogens with zero attached hydrogens (tertiary/aromatic N) is 3. The van der Waals surface area contributed by atoms with E-state index in [1.165, 1.54) is 18.6 Å². The van der Waals surface area contributed by atoms with Crippen molar-refractivity contribution >= 4 is 15.5 Å². The monoisotopic (exact) mass is 313 g/mol. The molecule has 8 heteroatoms. The summed E-state index contributed by atoms with van der Waals surface area (Å²) in [6.45, 7) is 3.79. The summed E-state index contributed by atoms with van der Waals surface area (Å²) in [7, 11) is -3.75. The molecule has 0 saturated carbocycles. The zero-order valence-corrected chi connectivity index (χ0v) is 12.8. The lowest BCUT2D eigenvalue weighted by Gasteiger charge is -2.25. The van der Waals surface area contributed by atoms with Crippen molar-refractivity contribution in [3.8, 4) is 0 Å². The highest BCUT2D eigenvalue weighted by Gasteiger charge is 2.28. The molecule has 0 atom stereocenters. The van der Waals surface area contributed by atoms with Gasteiger partial charge in [0, 0.05) is 18.3 Å². The zero-order valence-electron chi connectivity index (χ0n) is 12.0. The molecule has 1 aliphatic rings. The van der Waals surface area contributed by atoms with E-state index in [4.69, 9.17) is 0 Å². The molecular formula is C13H19N3O4S. The van der Waals surface area contributed by atoms with E-state index in [0.29, 0.717) is 12.2 Å². The fourth-order valence-corrected chi connectivity index (χ4v) is 3.86. The molecule has 1 aromatic heterocycles. The minimum atomic E-state index is -3.75. The number of sulfone groups is 1. The number of rotatable bonds is 5. The van der Waals surface area contributed by atoms with E-state index in [1.54, 1.807) is 6.92 Å². The van der Waals surface area contributed by atoms with Gasteiger partial charge in [-0.3, -0.25) is 10.1 Å². The molecule has 0 bridgehead atoms. The zero-order chi connectivity index (χ0) is 15.5. The van der Waals surface area contributed by atoms with Crippen molar-refractivity contribution in [2.24, 2.45) is 0 Å². The molecule has 1 aromatic rings. The summed E-state index contributed by atoms with van der Waals surface area (Å²) >= 11 is 0. The van der Waals surface area contributed by atoms with Crippen molar-refractivity contribution in [3.63, 3.8) is 0 Å². The lowest BCUT2D eigenvalue weighted by atomic mass is 10.1. The number of piperidine rings is 1. The first-order chi connectivity index (χ1) is 9.90. The SMILES string of the molecule is Cc1ccc([N+](=O)[O-])c(S(=O)(=O)CCN2CCCCC2)n1. The summed E-state index contributed by atoms with van der Waals surface area (Å²) in [4.78, 5) is 16.2. The number of aryl methyl sites for hydroxylation is 1. The van der Waals surface area contributed by atoms with Gasteiger partial charge in [-0.15, -0.1) is 0 Å². The van der Waals surface area contributed by atoms with Crippen LogP contribution >= 0.6 is 0 Å². The van der Waals surface area contributed by atoms with Crippen molar-refractivity contribution in [1.82, 2.24) is 9.88 Å². The Balaban J connectivity index is 2.18. The van der Waals surface area contributed by atoms with Gasteiger partial charge >= 0.3 is 5.69 Å². The van der Waals surface area contributed by atoms with Gasteiger partial charge in [0.2, 0.25) is 14.9 Å². The van der Waals surface area contributed by atoms with Crippen LogP contribution in [0.4, 0.5) is 5.69 Å². The average Bonchev–Trinajstić information content (AvgIpc) is 2.46. The Kier molecular flexibility index (Phi) is 4.89. The Morgan fingerprint density at radius 2 is 1.95 bits per heavy atom. The normalized spacial score (nSPS) is 16.8. The van der Waals surface area contributed by atoms with E-state index in [2.05, 4.69) is 9.88 Å². The second kappa shape index (κ2) is 6.48. The van der Waals surface area contributed by atoms with Crippen molar-refractivity contribution in [3.05, 3.63) is 27.9 Å². The molecule has 0 spiro atoms. The molecule has 1 fully saturated rings. The highest BCUT2D eigenvalue weighted by Crippen LogP contribution is 2.23. The van der Waals surface area contributed by atoms with Gasteiger partial charge in [0.15, 0.2) is 0 Å². The third kappa shape index (κ3) is 3.98. The van der Waals surface area contributed by atoms with Crippen molar-refractivity contribution in [2.75, 3.05) is 25.4 Å². The molecule has 0 unspecified atom stereocenters. The number of aromatic nitrogens is 1. The summed E-state index contributed by atoms with van der Waals surface area (Å²) in [5.41, 5.74) is 0.0105. The quantitative estimate of drug-likeness (QED) is 0.605. The molecule has 1 aliphatic heterocycles. The molecule has 0 radical (unpaired) electrons. The Labute approximate surface area is 124 Å². The summed E-state index contributed by atoms with van der Waals surface area (Å²) < 4.78 is 24.7. The summed E-state index contributed by atoms with van der Waals surface area (Å²) in [6, 6.07) is 2.65. The summed E-state index contributed by atoms with van der Waals surface area (Å²) in [6.07, 6.45) is 3.32. The first-order valence-corrected chi connectivity index (χ1v) is 8.62. The maximum Gasteiger partial charge on any atom is 0.306 e. The second-order valence-corrected chi connectivity index (χ2v) is 7.28. The lowest BCUT2D eigenvalue weighted by Crippen LogP contribution is -2.34. The van der Waals surface area contributed by atoms with E-state index in [1.807, 2.05) is 0 Å². The Morgan fingerprint density at radius 3 is 2.57 bits per heavy atom. The first kappa shape index (κ1) is 15.8. The van der Waals surface area contributed by atoms with Crippen LogP contribution < -0.4 is 0 Å². The van der Waals surface area contributed by atoms with E-state index in [9.17, 15) is 18.5 Å². The highest BCUT2D eigenvalue weighted by atomic mass is 32.2. The molecule has 21 heavy (non-hydrogen) atoms. The number of hydrogen-bond acceptors (Lipinski definition) is 6.